The number of para-hydroxylation sites is 2. The summed E-state index contributed by atoms with van der Waals surface area (Å²) >= 11 is 1.49. The summed E-state index contributed by atoms with van der Waals surface area (Å²) in [7, 11) is 0. The molecule has 0 fully saturated rings. The number of nitrogens with zero attached hydrogens (tertiary/aromatic N) is 3. The van der Waals surface area contributed by atoms with Crippen LogP contribution in [0.3, 0.4) is 0 Å². The van der Waals surface area contributed by atoms with Crippen LogP contribution in [0.1, 0.15) is 18.3 Å². The van der Waals surface area contributed by atoms with Gasteiger partial charge >= 0.3 is 0 Å². The number of anilines is 1. The number of nitrogens with two attached hydrogens (primary N) is 1. The Morgan fingerprint density at radius 1 is 1.20 bits per heavy atom. The second-order valence-corrected chi connectivity index (χ2v) is 5.45. The van der Waals surface area contributed by atoms with Gasteiger partial charge in [-0.2, -0.15) is 0 Å². The first kappa shape index (κ1) is 12.9. The number of aromatic nitrogens is 4. The Morgan fingerprint density at radius 2 is 2.00 bits per heavy atom. The van der Waals surface area contributed by atoms with Crippen molar-refractivity contribution in [2.24, 2.45) is 0 Å². The van der Waals surface area contributed by atoms with Crippen LogP contribution in [0.25, 0.3) is 11.0 Å². The van der Waals surface area contributed by atoms with Crippen molar-refractivity contribution in [3.05, 3.63) is 35.7 Å². The molecule has 1 aromatic carbocycles. The van der Waals surface area contributed by atoms with Crippen LogP contribution in [-0.2, 0) is 6.42 Å². The molecular formula is C14H15N5S. The number of rotatable bonds is 3. The van der Waals surface area contributed by atoms with Crippen molar-refractivity contribution in [3.8, 4) is 0 Å². The van der Waals surface area contributed by atoms with Crippen molar-refractivity contribution in [1.29, 1.82) is 0 Å². The molecule has 102 valence electrons. The molecule has 0 saturated heterocycles. The van der Waals surface area contributed by atoms with Crippen molar-refractivity contribution in [1.82, 2.24) is 19.9 Å². The van der Waals surface area contributed by atoms with E-state index in [4.69, 9.17) is 5.73 Å². The smallest absolute Gasteiger partial charge is 0.172 e. The van der Waals surface area contributed by atoms with E-state index in [0.29, 0.717) is 5.82 Å². The van der Waals surface area contributed by atoms with Crippen LogP contribution < -0.4 is 5.73 Å². The molecule has 0 aliphatic heterocycles. The number of hydrogen-bond donors (Lipinski definition) is 2. The van der Waals surface area contributed by atoms with Crippen molar-refractivity contribution in [3.63, 3.8) is 0 Å². The third-order valence-corrected chi connectivity index (χ3v) is 4.04. The minimum absolute atomic E-state index is 0.537. The maximum Gasteiger partial charge on any atom is 0.172 e. The van der Waals surface area contributed by atoms with Crippen molar-refractivity contribution in [2.45, 2.75) is 30.5 Å². The Hall–Kier alpha value is -2.08. The zero-order valence-corrected chi connectivity index (χ0v) is 12.2. The van der Waals surface area contributed by atoms with Gasteiger partial charge in [-0.1, -0.05) is 19.1 Å². The largest absolute Gasteiger partial charge is 0.383 e. The number of imidazole rings is 1. The molecule has 0 bridgehead atoms. The molecular weight excluding hydrogens is 270 g/mol. The third kappa shape index (κ3) is 2.34. The summed E-state index contributed by atoms with van der Waals surface area (Å²) in [6.45, 7) is 3.94. The van der Waals surface area contributed by atoms with Gasteiger partial charge < -0.3 is 10.7 Å². The highest BCUT2D eigenvalue weighted by Crippen LogP contribution is 2.30. The van der Waals surface area contributed by atoms with Gasteiger partial charge in [0.15, 0.2) is 5.16 Å². The van der Waals surface area contributed by atoms with Crippen LogP contribution in [0.5, 0.6) is 0 Å². The minimum Gasteiger partial charge on any atom is -0.383 e. The molecule has 3 rings (SSSR count). The predicted octanol–water partition coefficient (Wildman–Crippen LogP) is 2.96. The number of aryl methyl sites for hydroxylation is 1. The first-order chi connectivity index (χ1) is 9.67. The Balaban J connectivity index is 1.99. The quantitative estimate of drug-likeness (QED) is 0.723. The molecule has 3 aromatic rings. The molecule has 0 amide bonds. The molecule has 0 spiro atoms. The van der Waals surface area contributed by atoms with Crippen molar-refractivity contribution < 1.29 is 0 Å². The summed E-state index contributed by atoms with van der Waals surface area (Å²) in [6, 6.07) is 7.94. The number of fused-ring (bicyclic) bond motifs is 1. The van der Waals surface area contributed by atoms with Gasteiger partial charge in [0.1, 0.15) is 16.7 Å². The highest BCUT2D eigenvalue weighted by molar-refractivity contribution is 7.99. The molecule has 2 aromatic heterocycles. The van der Waals surface area contributed by atoms with E-state index in [-0.39, 0.29) is 0 Å². The minimum atomic E-state index is 0.537. The molecule has 5 nitrogen and oxygen atoms in total. The molecule has 0 unspecified atom stereocenters. The number of nitrogen functional groups attached to an aromatic ring is 1. The lowest BCUT2D eigenvalue weighted by Crippen LogP contribution is -2.03. The number of hydrogen-bond acceptors (Lipinski definition) is 5. The topological polar surface area (TPSA) is 80.5 Å². The summed E-state index contributed by atoms with van der Waals surface area (Å²) in [5, 5.41) is 1.67. The van der Waals surface area contributed by atoms with Crippen LogP contribution >= 0.6 is 11.8 Å². The molecule has 2 heterocycles. The van der Waals surface area contributed by atoms with E-state index in [1.54, 1.807) is 0 Å². The zero-order chi connectivity index (χ0) is 14.1. The standard InChI is InChI=1S/C14H15N5S/c1-3-11-18-12(15)8(2)13(19-11)20-14-16-9-6-4-5-7-10(9)17-14/h4-7H,3H2,1-2H3,(H,16,17)(H2,15,18,19). The fraction of sp³-hybridized carbons (Fsp3) is 0.214. The lowest BCUT2D eigenvalue weighted by atomic mass is 10.3. The summed E-state index contributed by atoms with van der Waals surface area (Å²) in [6.07, 6.45) is 0.762. The first-order valence-electron chi connectivity index (χ1n) is 6.43. The summed E-state index contributed by atoms with van der Waals surface area (Å²) in [4.78, 5) is 16.6. The second kappa shape index (κ2) is 5.13. The molecule has 0 atom stereocenters. The lowest BCUT2D eigenvalue weighted by molar-refractivity contribution is 0.875. The molecule has 0 aliphatic carbocycles. The van der Waals surface area contributed by atoms with Gasteiger partial charge in [0.2, 0.25) is 0 Å². The lowest BCUT2D eigenvalue weighted by Gasteiger charge is -2.07. The fourth-order valence-electron chi connectivity index (χ4n) is 1.89. The van der Waals surface area contributed by atoms with E-state index in [9.17, 15) is 0 Å². The second-order valence-electron chi connectivity index (χ2n) is 4.47. The maximum atomic E-state index is 5.93. The summed E-state index contributed by atoms with van der Waals surface area (Å²) in [5.74, 6) is 1.29. The fourth-order valence-corrected chi connectivity index (χ4v) is 2.78. The highest BCUT2D eigenvalue weighted by atomic mass is 32.2. The molecule has 0 saturated carbocycles. The van der Waals surface area contributed by atoms with Crippen LogP contribution in [0.15, 0.2) is 34.4 Å². The molecule has 0 radical (unpaired) electrons. The van der Waals surface area contributed by atoms with E-state index in [2.05, 4.69) is 19.9 Å². The molecule has 3 N–H and O–H groups in total. The van der Waals surface area contributed by atoms with Gasteiger partial charge in [-0.3, -0.25) is 0 Å². The van der Waals surface area contributed by atoms with Crippen LogP contribution in [0.2, 0.25) is 0 Å². The highest BCUT2D eigenvalue weighted by Gasteiger charge is 2.12. The van der Waals surface area contributed by atoms with E-state index >= 15 is 0 Å². The van der Waals surface area contributed by atoms with Crippen molar-refractivity contribution in [2.75, 3.05) is 5.73 Å². The Bertz CT molecular complexity index is 732. The third-order valence-electron chi connectivity index (χ3n) is 3.06. The van der Waals surface area contributed by atoms with Gasteiger partial charge in [-0.05, 0) is 30.8 Å². The van der Waals surface area contributed by atoms with Gasteiger partial charge in [0.05, 0.1) is 11.0 Å². The van der Waals surface area contributed by atoms with Crippen LogP contribution in [-0.4, -0.2) is 19.9 Å². The Labute approximate surface area is 121 Å². The average molecular weight is 285 g/mol. The summed E-state index contributed by atoms with van der Waals surface area (Å²) < 4.78 is 0. The Kier molecular flexibility index (Phi) is 3.31. The average Bonchev–Trinajstić information content (AvgIpc) is 2.85. The van der Waals surface area contributed by atoms with E-state index in [1.165, 1.54) is 11.8 Å². The van der Waals surface area contributed by atoms with Gasteiger partial charge in [-0.15, -0.1) is 0 Å². The number of nitrogens with one attached hydrogen (secondary N) is 1. The van der Waals surface area contributed by atoms with E-state index in [1.807, 2.05) is 38.1 Å². The number of H-pyrrole nitrogens is 1. The molecule has 0 aliphatic rings. The SMILES string of the molecule is CCc1nc(N)c(C)c(Sc2nc3ccccc3[nH]2)n1. The Morgan fingerprint density at radius 3 is 2.75 bits per heavy atom. The van der Waals surface area contributed by atoms with Gasteiger partial charge in [-0.25, -0.2) is 15.0 Å². The van der Waals surface area contributed by atoms with Gasteiger partial charge in [0, 0.05) is 12.0 Å². The predicted molar refractivity (Wildman–Crippen MR) is 80.8 cm³/mol. The molecule has 6 heteroatoms. The number of aromatic amines is 1. The van der Waals surface area contributed by atoms with Crippen LogP contribution in [0, 0.1) is 6.92 Å². The van der Waals surface area contributed by atoms with E-state index < -0.39 is 0 Å². The number of benzene rings is 1. The molecule has 20 heavy (non-hydrogen) atoms. The normalized spacial score (nSPS) is 11.1. The zero-order valence-electron chi connectivity index (χ0n) is 11.3. The first-order valence-corrected chi connectivity index (χ1v) is 7.24. The van der Waals surface area contributed by atoms with Gasteiger partial charge in [0.25, 0.3) is 0 Å². The van der Waals surface area contributed by atoms with Crippen LogP contribution in [0.4, 0.5) is 5.82 Å². The summed E-state index contributed by atoms with van der Waals surface area (Å²) in [5.41, 5.74) is 8.80. The van der Waals surface area contributed by atoms with E-state index in [0.717, 1.165) is 39.0 Å². The monoisotopic (exact) mass is 285 g/mol. The maximum absolute atomic E-state index is 5.93. The van der Waals surface area contributed by atoms with Crippen molar-refractivity contribution >= 4 is 28.6 Å².